The number of nitrogens with zero attached hydrogens (tertiary/aromatic N) is 3. The number of piperidine rings is 1. The van der Waals surface area contributed by atoms with E-state index in [1.807, 2.05) is 17.0 Å². The first-order chi connectivity index (χ1) is 12.3. The van der Waals surface area contributed by atoms with Crippen LogP contribution in [0.2, 0.25) is 0 Å². The van der Waals surface area contributed by atoms with Gasteiger partial charge in [0.2, 0.25) is 0 Å². The first-order valence-corrected chi connectivity index (χ1v) is 9.66. The second-order valence-electron chi connectivity index (χ2n) is 7.50. The molecule has 2 amide bonds. The van der Waals surface area contributed by atoms with Crippen LogP contribution in [0, 0.1) is 5.92 Å². The van der Waals surface area contributed by atoms with Crippen molar-refractivity contribution in [2.24, 2.45) is 5.92 Å². The van der Waals surface area contributed by atoms with Crippen molar-refractivity contribution in [3.05, 3.63) is 18.3 Å². The van der Waals surface area contributed by atoms with Gasteiger partial charge in [-0.05, 0) is 50.7 Å². The van der Waals surface area contributed by atoms with Gasteiger partial charge in [-0.2, -0.15) is 0 Å². The molecule has 0 unspecified atom stereocenters. The number of anilines is 2. The lowest BCUT2D eigenvalue weighted by molar-refractivity contribution is 0.167. The number of aromatic nitrogens is 1. The monoisotopic (exact) mass is 344 g/mol. The third-order valence-electron chi connectivity index (χ3n) is 5.41. The highest BCUT2D eigenvalue weighted by Gasteiger charge is 2.34. The first-order valence-electron chi connectivity index (χ1n) is 9.66. The van der Waals surface area contributed by atoms with Crippen LogP contribution in [0.1, 0.15) is 38.5 Å². The number of carbonyl (C=O) groups is 1. The van der Waals surface area contributed by atoms with E-state index in [0.717, 1.165) is 63.6 Å². The third-order valence-corrected chi connectivity index (χ3v) is 5.41. The zero-order valence-corrected chi connectivity index (χ0v) is 14.8. The van der Waals surface area contributed by atoms with Gasteiger partial charge < -0.3 is 19.9 Å². The van der Waals surface area contributed by atoms with Gasteiger partial charge in [-0.25, -0.2) is 9.78 Å². The minimum atomic E-state index is 0.00178. The Labute approximate surface area is 149 Å². The largest absolute Gasteiger partial charge is 0.381 e. The molecule has 1 aliphatic carbocycles. The molecule has 0 spiro atoms. The smallest absolute Gasteiger partial charge is 0.322 e. The number of hydrogen-bond donors (Lipinski definition) is 1. The number of nitrogens with one attached hydrogen (secondary N) is 1. The zero-order valence-electron chi connectivity index (χ0n) is 14.8. The highest BCUT2D eigenvalue weighted by Crippen LogP contribution is 2.29. The molecule has 3 fully saturated rings. The summed E-state index contributed by atoms with van der Waals surface area (Å²) in [7, 11) is 0. The second-order valence-corrected chi connectivity index (χ2v) is 7.50. The van der Waals surface area contributed by atoms with Gasteiger partial charge in [0.1, 0.15) is 5.82 Å². The van der Waals surface area contributed by atoms with E-state index in [-0.39, 0.29) is 6.03 Å². The molecule has 25 heavy (non-hydrogen) atoms. The lowest BCUT2D eigenvalue weighted by Crippen LogP contribution is -2.40. The Kier molecular flexibility index (Phi) is 5.06. The van der Waals surface area contributed by atoms with Gasteiger partial charge in [-0.3, -0.25) is 0 Å². The Morgan fingerprint density at radius 1 is 1.24 bits per heavy atom. The van der Waals surface area contributed by atoms with Crippen LogP contribution in [0.5, 0.6) is 0 Å². The molecule has 1 N–H and O–H groups in total. The first kappa shape index (κ1) is 16.6. The summed E-state index contributed by atoms with van der Waals surface area (Å²) in [5.41, 5.74) is 0.777. The summed E-state index contributed by atoms with van der Waals surface area (Å²) in [6.45, 7) is 4.57. The highest BCUT2D eigenvalue weighted by atomic mass is 16.5. The molecule has 6 nitrogen and oxygen atoms in total. The summed E-state index contributed by atoms with van der Waals surface area (Å²) >= 11 is 0. The topological polar surface area (TPSA) is 57.7 Å². The molecule has 0 aromatic carbocycles. The van der Waals surface area contributed by atoms with E-state index in [0.29, 0.717) is 12.0 Å². The molecule has 136 valence electrons. The van der Waals surface area contributed by atoms with E-state index in [9.17, 15) is 4.79 Å². The van der Waals surface area contributed by atoms with E-state index < -0.39 is 0 Å². The maximum Gasteiger partial charge on any atom is 0.322 e. The normalized spacial score (nSPS) is 23.5. The van der Waals surface area contributed by atoms with Gasteiger partial charge in [0.05, 0.1) is 18.5 Å². The Morgan fingerprint density at radius 3 is 2.72 bits per heavy atom. The van der Waals surface area contributed by atoms with Crippen LogP contribution in [-0.4, -0.2) is 54.8 Å². The van der Waals surface area contributed by atoms with Gasteiger partial charge >= 0.3 is 6.03 Å². The summed E-state index contributed by atoms with van der Waals surface area (Å²) in [6, 6.07) is 4.40. The van der Waals surface area contributed by atoms with Crippen molar-refractivity contribution in [3.63, 3.8) is 0 Å². The Bertz CT molecular complexity index is 576. The van der Waals surface area contributed by atoms with Crippen molar-refractivity contribution in [1.82, 2.24) is 9.88 Å². The van der Waals surface area contributed by atoms with Gasteiger partial charge in [-0.15, -0.1) is 0 Å². The van der Waals surface area contributed by atoms with Crippen molar-refractivity contribution in [1.29, 1.82) is 0 Å². The fourth-order valence-corrected chi connectivity index (χ4v) is 3.75. The molecule has 0 bridgehead atoms. The third kappa shape index (κ3) is 4.24. The minimum Gasteiger partial charge on any atom is -0.381 e. The SMILES string of the molecule is O=C(Nc1ccc(N2CCCCC2)nc1)N(C[C@@H]1CCOC1)C1CC1. The highest BCUT2D eigenvalue weighted by molar-refractivity contribution is 5.89. The number of hydrogen-bond acceptors (Lipinski definition) is 4. The van der Waals surface area contributed by atoms with Crippen molar-refractivity contribution >= 4 is 17.5 Å². The standard InChI is InChI=1S/C19H28N4O2/c24-19(23(17-5-6-17)13-15-8-11-25-14-15)21-16-4-7-18(20-12-16)22-9-2-1-3-10-22/h4,7,12,15,17H,1-3,5-6,8-11,13-14H2,(H,21,24)/t15-/m0/s1. The fraction of sp³-hybridized carbons (Fsp3) is 0.684. The molecule has 6 heteroatoms. The number of carbonyl (C=O) groups excluding carboxylic acids is 1. The van der Waals surface area contributed by atoms with Gasteiger partial charge in [0.15, 0.2) is 0 Å². The maximum absolute atomic E-state index is 12.7. The number of urea groups is 1. The van der Waals surface area contributed by atoms with E-state index in [4.69, 9.17) is 4.74 Å². The number of pyridine rings is 1. The maximum atomic E-state index is 12.7. The van der Waals surface area contributed by atoms with Crippen LogP contribution in [-0.2, 0) is 4.74 Å². The van der Waals surface area contributed by atoms with Gasteiger partial charge in [0, 0.05) is 38.2 Å². The predicted molar refractivity (Wildman–Crippen MR) is 98.0 cm³/mol. The molecule has 1 saturated carbocycles. The van der Waals surface area contributed by atoms with Gasteiger partial charge in [0.25, 0.3) is 0 Å². The van der Waals surface area contributed by atoms with Crippen LogP contribution in [0.4, 0.5) is 16.3 Å². The Morgan fingerprint density at radius 2 is 2.08 bits per heavy atom. The van der Waals surface area contributed by atoms with Gasteiger partial charge in [-0.1, -0.05) is 0 Å². The second kappa shape index (κ2) is 7.60. The van der Waals surface area contributed by atoms with E-state index in [2.05, 4.69) is 15.2 Å². The van der Waals surface area contributed by atoms with Crippen LogP contribution in [0.3, 0.4) is 0 Å². The Balaban J connectivity index is 1.35. The average molecular weight is 344 g/mol. The van der Waals surface area contributed by atoms with E-state index in [1.54, 1.807) is 6.20 Å². The van der Waals surface area contributed by atoms with E-state index in [1.165, 1.54) is 19.3 Å². The van der Waals surface area contributed by atoms with Crippen molar-refractivity contribution in [2.75, 3.05) is 43.1 Å². The molecule has 2 aliphatic heterocycles. The molecule has 0 radical (unpaired) electrons. The van der Waals surface area contributed by atoms with Crippen LogP contribution in [0.15, 0.2) is 18.3 Å². The number of ether oxygens (including phenoxy) is 1. The van der Waals surface area contributed by atoms with Crippen LogP contribution < -0.4 is 10.2 Å². The Hall–Kier alpha value is -1.82. The fourth-order valence-electron chi connectivity index (χ4n) is 3.75. The molecular formula is C19H28N4O2. The lowest BCUT2D eigenvalue weighted by atomic mass is 10.1. The van der Waals surface area contributed by atoms with E-state index >= 15 is 0 Å². The summed E-state index contributed by atoms with van der Waals surface area (Å²) in [5, 5.41) is 3.03. The molecule has 1 atom stereocenters. The number of amides is 2. The molecule has 3 heterocycles. The molecular weight excluding hydrogens is 316 g/mol. The number of rotatable bonds is 5. The summed E-state index contributed by atoms with van der Waals surface area (Å²) in [4.78, 5) is 21.6. The van der Waals surface area contributed by atoms with Crippen LogP contribution in [0.25, 0.3) is 0 Å². The van der Waals surface area contributed by atoms with Crippen molar-refractivity contribution in [2.45, 2.75) is 44.6 Å². The summed E-state index contributed by atoms with van der Waals surface area (Å²) in [6.07, 6.45) is 8.87. The molecule has 3 aliphatic rings. The van der Waals surface area contributed by atoms with Crippen molar-refractivity contribution in [3.8, 4) is 0 Å². The zero-order chi connectivity index (χ0) is 17.1. The molecule has 4 rings (SSSR count). The molecule has 2 saturated heterocycles. The lowest BCUT2D eigenvalue weighted by Gasteiger charge is -2.28. The predicted octanol–water partition coefficient (Wildman–Crippen LogP) is 3.10. The molecule has 1 aromatic heterocycles. The quantitative estimate of drug-likeness (QED) is 0.892. The summed E-state index contributed by atoms with van der Waals surface area (Å²) < 4.78 is 5.45. The average Bonchev–Trinajstić information content (AvgIpc) is 3.36. The van der Waals surface area contributed by atoms with Crippen molar-refractivity contribution < 1.29 is 9.53 Å². The van der Waals surface area contributed by atoms with Crippen LogP contribution >= 0.6 is 0 Å². The molecule has 1 aromatic rings. The minimum absolute atomic E-state index is 0.00178. The summed E-state index contributed by atoms with van der Waals surface area (Å²) in [5.74, 6) is 1.49.